The van der Waals surface area contributed by atoms with Crippen molar-refractivity contribution >= 4 is 0 Å². The van der Waals surface area contributed by atoms with Gasteiger partial charge < -0.3 is 10.2 Å². The summed E-state index contributed by atoms with van der Waals surface area (Å²) in [6.45, 7) is 4.64. The van der Waals surface area contributed by atoms with Crippen LogP contribution in [0.4, 0.5) is 0 Å². The average molecular weight is 265 g/mol. The molecule has 0 atom stereocenters. The molecular weight excluding hydrogens is 238 g/mol. The third kappa shape index (κ3) is 7.89. The summed E-state index contributed by atoms with van der Waals surface area (Å²) in [6, 6.07) is 4.23. The number of likely N-dealkylation sites (N-methyl/N-ethyl adjacent to an activating group) is 1. The normalized spacial score (nSPS) is 11.5. The summed E-state index contributed by atoms with van der Waals surface area (Å²) in [7, 11) is 8.27. The van der Waals surface area contributed by atoms with Crippen molar-refractivity contribution in [1.29, 1.82) is 0 Å². The maximum absolute atomic E-state index is 4.38. The van der Waals surface area contributed by atoms with E-state index in [1.54, 1.807) is 0 Å². The molecule has 5 heteroatoms. The van der Waals surface area contributed by atoms with Crippen LogP contribution >= 0.6 is 0 Å². The number of pyridine rings is 1. The summed E-state index contributed by atoms with van der Waals surface area (Å²) in [5.41, 5.74) is 2.38. The monoisotopic (exact) mass is 265 g/mol. The fourth-order valence-electron chi connectivity index (χ4n) is 1.68. The number of aromatic nitrogens is 1. The van der Waals surface area contributed by atoms with E-state index in [1.165, 1.54) is 5.56 Å². The van der Waals surface area contributed by atoms with Crippen LogP contribution in [-0.2, 0) is 13.1 Å². The highest BCUT2D eigenvalue weighted by Crippen LogP contribution is 2.01. The fraction of sp³-hybridized carbons (Fsp3) is 0.643. The molecule has 0 amide bonds. The Bertz CT molecular complexity index is 351. The van der Waals surface area contributed by atoms with E-state index >= 15 is 0 Å². The standard InChI is InChI=1S/C14H27N5/c1-18(2)8-7-15-10-13-5-6-17-14(9-13)11-16-12-19(3)4/h5-6,9,15-16H,7-8,10-12H2,1-4H3. The highest BCUT2D eigenvalue weighted by Gasteiger charge is 1.98. The largest absolute Gasteiger partial charge is 0.311 e. The van der Waals surface area contributed by atoms with Crippen LogP contribution in [0.3, 0.4) is 0 Å². The van der Waals surface area contributed by atoms with Crippen LogP contribution in [0.1, 0.15) is 11.3 Å². The zero-order chi connectivity index (χ0) is 14.1. The molecule has 0 spiro atoms. The van der Waals surface area contributed by atoms with Crippen LogP contribution in [0.15, 0.2) is 18.3 Å². The molecule has 1 aromatic heterocycles. The molecule has 0 saturated heterocycles. The molecule has 0 unspecified atom stereocenters. The lowest BCUT2D eigenvalue weighted by atomic mass is 10.2. The number of rotatable bonds is 9. The molecule has 108 valence electrons. The van der Waals surface area contributed by atoms with Gasteiger partial charge in [0.1, 0.15) is 0 Å². The molecule has 19 heavy (non-hydrogen) atoms. The van der Waals surface area contributed by atoms with E-state index < -0.39 is 0 Å². The highest BCUT2D eigenvalue weighted by atomic mass is 15.2. The smallest absolute Gasteiger partial charge is 0.0545 e. The fourth-order valence-corrected chi connectivity index (χ4v) is 1.68. The van der Waals surface area contributed by atoms with E-state index in [0.29, 0.717) is 0 Å². The van der Waals surface area contributed by atoms with Gasteiger partial charge in [0.2, 0.25) is 0 Å². The molecule has 0 radical (unpaired) electrons. The Kier molecular flexibility index (Phi) is 7.59. The SMILES string of the molecule is CN(C)CCNCc1ccnc(CNCN(C)C)c1. The van der Waals surface area contributed by atoms with Crippen LogP contribution in [-0.4, -0.2) is 62.7 Å². The van der Waals surface area contributed by atoms with Gasteiger partial charge in [-0.15, -0.1) is 0 Å². The van der Waals surface area contributed by atoms with E-state index in [1.807, 2.05) is 20.3 Å². The van der Waals surface area contributed by atoms with Crippen LogP contribution in [0.25, 0.3) is 0 Å². The van der Waals surface area contributed by atoms with Crippen LogP contribution in [0, 0.1) is 0 Å². The minimum atomic E-state index is 0.809. The average Bonchev–Trinajstić information content (AvgIpc) is 2.34. The van der Waals surface area contributed by atoms with Crippen LogP contribution in [0.2, 0.25) is 0 Å². The molecule has 2 N–H and O–H groups in total. The summed E-state index contributed by atoms with van der Waals surface area (Å²) in [4.78, 5) is 8.66. The van der Waals surface area contributed by atoms with Gasteiger partial charge in [0, 0.05) is 39.0 Å². The quantitative estimate of drug-likeness (QED) is 0.498. The second-order valence-electron chi connectivity index (χ2n) is 5.30. The number of nitrogens with zero attached hydrogens (tertiary/aromatic N) is 3. The van der Waals surface area contributed by atoms with Crippen molar-refractivity contribution in [2.75, 3.05) is 47.9 Å². The molecule has 0 aliphatic heterocycles. The van der Waals surface area contributed by atoms with Gasteiger partial charge >= 0.3 is 0 Å². The first kappa shape index (κ1) is 16.0. The molecule has 5 nitrogen and oxygen atoms in total. The molecule has 1 heterocycles. The highest BCUT2D eigenvalue weighted by molar-refractivity contribution is 5.16. The van der Waals surface area contributed by atoms with E-state index in [0.717, 1.165) is 38.5 Å². The predicted octanol–water partition coefficient (Wildman–Crippen LogP) is 0.342. The van der Waals surface area contributed by atoms with Crippen molar-refractivity contribution in [3.63, 3.8) is 0 Å². The lowest BCUT2D eigenvalue weighted by Gasteiger charge is -2.12. The minimum Gasteiger partial charge on any atom is -0.311 e. The number of hydrogen-bond acceptors (Lipinski definition) is 5. The van der Waals surface area contributed by atoms with Crippen LogP contribution in [0.5, 0.6) is 0 Å². The van der Waals surface area contributed by atoms with Crippen molar-refractivity contribution in [3.05, 3.63) is 29.6 Å². The molecule has 0 aliphatic carbocycles. The van der Waals surface area contributed by atoms with Gasteiger partial charge in [-0.1, -0.05) is 0 Å². The lowest BCUT2D eigenvalue weighted by Crippen LogP contribution is -2.28. The molecule has 0 fully saturated rings. The molecule has 0 saturated carbocycles. The van der Waals surface area contributed by atoms with E-state index in [2.05, 4.69) is 51.6 Å². The minimum absolute atomic E-state index is 0.809. The van der Waals surface area contributed by atoms with Crippen molar-refractivity contribution < 1.29 is 0 Å². The maximum Gasteiger partial charge on any atom is 0.0545 e. The van der Waals surface area contributed by atoms with Gasteiger partial charge in [-0.2, -0.15) is 0 Å². The number of hydrogen-bond donors (Lipinski definition) is 2. The first-order valence-corrected chi connectivity index (χ1v) is 6.72. The Labute approximate surface area is 117 Å². The van der Waals surface area contributed by atoms with E-state index in [9.17, 15) is 0 Å². The topological polar surface area (TPSA) is 43.4 Å². The number of nitrogens with one attached hydrogen (secondary N) is 2. The second kappa shape index (κ2) is 8.98. The first-order chi connectivity index (χ1) is 9.08. The Morgan fingerprint density at radius 2 is 1.84 bits per heavy atom. The molecular formula is C14H27N5. The first-order valence-electron chi connectivity index (χ1n) is 6.72. The lowest BCUT2D eigenvalue weighted by molar-refractivity contribution is 0.366. The third-order valence-corrected chi connectivity index (χ3v) is 2.68. The van der Waals surface area contributed by atoms with Crippen molar-refractivity contribution in [2.24, 2.45) is 0 Å². The van der Waals surface area contributed by atoms with Crippen LogP contribution < -0.4 is 10.6 Å². The molecule has 0 aliphatic rings. The Morgan fingerprint density at radius 3 is 2.53 bits per heavy atom. The Morgan fingerprint density at radius 1 is 1.05 bits per heavy atom. The third-order valence-electron chi connectivity index (χ3n) is 2.68. The predicted molar refractivity (Wildman–Crippen MR) is 79.9 cm³/mol. The second-order valence-corrected chi connectivity index (χ2v) is 5.30. The molecule has 0 aromatic carbocycles. The van der Waals surface area contributed by atoms with Crippen molar-refractivity contribution in [3.8, 4) is 0 Å². The zero-order valence-electron chi connectivity index (χ0n) is 12.6. The van der Waals surface area contributed by atoms with E-state index in [4.69, 9.17) is 0 Å². The zero-order valence-corrected chi connectivity index (χ0v) is 12.6. The summed E-state index contributed by atoms with van der Waals surface area (Å²) < 4.78 is 0. The van der Waals surface area contributed by atoms with Gasteiger partial charge in [0.05, 0.1) is 5.69 Å². The van der Waals surface area contributed by atoms with Gasteiger partial charge in [0.15, 0.2) is 0 Å². The summed E-state index contributed by atoms with van der Waals surface area (Å²) in [5, 5.41) is 6.78. The van der Waals surface area contributed by atoms with Gasteiger partial charge in [-0.05, 0) is 45.9 Å². The van der Waals surface area contributed by atoms with Gasteiger partial charge in [-0.3, -0.25) is 15.2 Å². The molecule has 0 bridgehead atoms. The van der Waals surface area contributed by atoms with Gasteiger partial charge in [-0.25, -0.2) is 0 Å². The van der Waals surface area contributed by atoms with Crippen molar-refractivity contribution in [1.82, 2.24) is 25.4 Å². The maximum atomic E-state index is 4.38. The Hall–Kier alpha value is -1.01. The summed E-state index contributed by atoms with van der Waals surface area (Å²) in [5.74, 6) is 0. The molecule has 1 rings (SSSR count). The summed E-state index contributed by atoms with van der Waals surface area (Å²) >= 11 is 0. The Balaban J connectivity index is 2.31. The van der Waals surface area contributed by atoms with Crippen molar-refractivity contribution in [2.45, 2.75) is 13.1 Å². The summed E-state index contributed by atoms with van der Waals surface area (Å²) in [6.07, 6.45) is 1.88. The van der Waals surface area contributed by atoms with Gasteiger partial charge in [0.25, 0.3) is 0 Å². The molecule has 1 aromatic rings. The van der Waals surface area contributed by atoms with E-state index in [-0.39, 0.29) is 0 Å².